The molecule has 0 aliphatic carbocycles. The molecular weight excluding hydrogens is 268 g/mol. The highest BCUT2D eigenvalue weighted by molar-refractivity contribution is 7.16. The first kappa shape index (κ1) is 14.2. The minimum absolute atomic E-state index is 0.0421. The molecule has 1 aromatic heterocycles. The van der Waals surface area contributed by atoms with Gasteiger partial charge in [0.15, 0.2) is 5.00 Å². The summed E-state index contributed by atoms with van der Waals surface area (Å²) in [6, 6.07) is 1.47. The van der Waals surface area contributed by atoms with E-state index in [1.54, 1.807) is 6.92 Å². The number of hydrogen-bond donors (Lipinski definition) is 1. The van der Waals surface area contributed by atoms with Gasteiger partial charge >= 0.3 is 5.69 Å². The maximum atomic E-state index is 11.1. The number of nitrogens with zero attached hydrogens (tertiary/aromatic N) is 2. The third-order valence-electron chi connectivity index (χ3n) is 3.03. The Balaban J connectivity index is 2.34. The molecule has 19 heavy (non-hydrogen) atoms. The summed E-state index contributed by atoms with van der Waals surface area (Å²) in [5.74, 6) is 0. The normalized spacial score (nSPS) is 25.4. The molecule has 1 aromatic rings. The third-order valence-corrected chi connectivity index (χ3v) is 4.38. The summed E-state index contributed by atoms with van der Waals surface area (Å²) in [5, 5.41) is 21.3. The van der Waals surface area contributed by atoms with Crippen LogP contribution in [0.1, 0.15) is 31.8 Å². The van der Waals surface area contributed by atoms with Crippen molar-refractivity contribution in [2.75, 3.05) is 18.0 Å². The predicted molar refractivity (Wildman–Crippen MR) is 73.8 cm³/mol. The molecule has 6 nitrogen and oxygen atoms in total. The van der Waals surface area contributed by atoms with Gasteiger partial charge in [-0.3, -0.25) is 10.1 Å². The fraction of sp³-hybridized carbons (Fsp3) is 0.667. The standard InChI is InChI=1S/C12H18N2O4S/c1-7-5-13(6-8(2)18-7)12-10(14(16)17)4-11(19-12)9(3)15/h4,7-9,15H,5-6H2,1-3H3/t7?,8?,9-/m1/s1. The van der Waals surface area contributed by atoms with Crippen LogP contribution in [0.3, 0.4) is 0 Å². The summed E-state index contributed by atoms with van der Waals surface area (Å²) in [7, 11) is 0. The fourth-order valence-electron chi connectivity index (χ4n) is 2.30. The number of ether oxygens (including phenoxy) is 1. The number of thiophene rings is 1. The highest BCUT2D eigenvalue weighted by Crippen LogP contribution is 2.41. The van der Waals surface area contributed by atoms with E-state index in [0.717, 1.165) is 0 Å². The second-order valence-electron chi connectivity index (χ2n) is 4.93. The maximum absolute atomic E-state index is 11.1. The molecular formula is C12H18N2O4S. The van der Waals surface area contributed by atoms with Crippen molar-refractivity contribution in [2.45, 2.75) is 39.1 Å². The molecule has 0 bridgehead atoms. The minimum atomic E-state index is -0.687. The van der Waals surface area contributed by atoms with E-state index in [1.165, 1.54) is 17.4 Å². The Morgan fingerprint density at radius 3 is 2.58 bits per heavy atom. The maximum Gasteiger partial charge on any atom is 0.304 e. The highest BCUT2D eigenvalue weighted by atomic mass is 32.1. The van der Waals surface area contributed by atoms with Crippen LogP contribution in [0.5, 0.6) is 0 Å². The highest BCUT2D eigenvalue weighted by Gasteiger charge is 2.30. The van der Waals surface area contributed by atoms with Gasteiger partial charge in [0, 0.05) is 24.0 Å². The number of anilines is 1. The van der Waals surface area contributed by atoms with Crippen molar-refractivity contribution in [3.05, 3.63) is 21.1 Å². The van der Waals surface area contributed by atoms with Crippen LogP contribution < -0.4 is 4.90 Å². The van der Waals surface area contributed by atoms with Crippen molar-refractivity contribution in [2.24, 2.45) is 0 Å². The fourth-order valence-corrected chi connectivity index (χ4v) is 3.38. The second-order valence-corrected chi connectivity index (χ2v) is 6.00. The molecule has 0 radical (unpaired) electrons. The zero-order valence-corrected chi connectivity index (χ0v) is 12.0. The lowest BCUT2D eigenvalue weighted by atomic mass is 10.2. The zero-order valence-electron chi connectivity index (χ0n) is 11.2. The summed E-state index contributed by atoms with van der Waals surface area (Å²) < 4.78 is 5.64. The lowest BCUT2D eigenvalue weighted by molar-refractivity contribution is -0.383. The average molecular weight is 286 g/mol. The Bertz CT molecular complexity index is 464. The number of morpholine rings is 1. The summed E-state index contributed by atoms with van der Waals surface area (Å²) in [6.07, 6.45) is -0.603. The Morgan fingerprint density at radius 2 is 2.11 bits per heavy atom. The Morgan fingerprint density at radius 1 is 1.53 bits per heavy atom. The second kappa shape index (κ2) is 5.44. The molecule has 3 atom stereocenters. The molecule has 1 fully saturated rings. The molecule has 0 saturated carbocycles. The van der Waals surface area contributed by atoms with Crippen molar-refractivity contribution >= 4 is 22.0 Å². The summed E-state index contributed by atoms with van der Waals surface area (Å²) in [5.41, 5.74) is 0.0715. The molecule has 1 saturated heterocycles. The lowest BCUT2D eigenvalue weighted by Gasteiger charge is -2.35. The van der Waals surface area contributed by atoms with Crippen LogP contribution in [0.25, 0.3) is 0 Å². The SMILES string of the molecule is CC1CN(c2sc([C@@H](C)O)cc2[N+](=O)[O-])CC(C)O1. The van der Waals surface area contributed by atoms with Crippen molar-refractivity contribution in [1.82, 2.24) is 0 Å². The van der Waals surface area contributed by atoms with Gasteiger partial charge in [-0.1, -0.05) is 0 Å². The summed E-state index contributed by atoms with van der Waals surface area (Å²) in [6.45, 7) is 6.79. The summed E-state index contributed by atoms with van der Waals surface area (Å²) in [4.78, 5) is 13.3. The van der Waals surface area contributed by atoms with E-state index in [1.807, 2.05) is 18.7 Å². The quantitative estimate of drug-likeness (QED) is 0.681. The first-order valence-electron chi connectivity index (χ1n) is 6.25. The van der Waals surface area contributed by atoms with Crippen molar-refractivity contribution in [3.8, 4) is 0 Å². The first-order chi connectivity index (χ1) is 8.88. The van der Waals surface area contributed by atoms with Gasteiger partial charge < -0.3 is 14.7 Å². The van der Waals surface area contributed by atoms with Crippen LogP contribution in [-0.2, 0) is 4.74 Å². The molecule has 106 valence electrons. The van der Waals surface area contributed by atoms with Gasteiger partial charge in [0.05, 0.1) is 23.2 Å². The third kappa shape index (κ3) is 3.05. The van der Waals surface area contributed by atoms with Crippen molar-refractivity contribution in [3.63, 3.8) is 0 Å². The average Bonchev–Trinajstić information content (AvgIpc) is 2.72. The molecule has 1 aliphatic heterocycles. The monoisotopic (exact) mass is 286 g/mol. The molecule has 2 unspecified atom stereocenters. The van der Waals surface area contributed by atoms with Gasteiger partial charge in [0.25, 0.3) is 0 Å². The largest absolute Gasteiger partial charge is 0.388 e. The minimum Gasteiger partial charge on any atom is -0.388 e. The van der Waals surface area contributed by atoms with Crippen LogP contribution in [0.4, 0.5) is 10.7 Å². The Labute approximate surface area is 115 Å². The number of nitro groups is 1. The van der Waals surface area contributed by atoms with E-state index in [9.17, 15) is 15.2 Å². The van der Waals surface area contributed by atoms with Gasteiger partial charge in [-0.25, -0.2) is 0 Å². The molecule has 0 amide bonds. The topological polar surface area (TPSA) is 75.8 Å². The zero-order chi connectivity index (χ0) is 14.2. The lowest BCUT2D eigenvalue weighted by Crippen LogP contribution is -2.45. The smallest absolute Gasteiger partial charge is 0.304 e. The van der Waals surface area contributed by atoms with Gasteiger partial charge in [-0.15, -0.1) is 11.3 Å². The molecule has 2 rings (SSSR count). The number of rotatable bonds is 3. The van der Waals surface area contributed by atoms with Crippen molar-refractivity contribution < 1.29 is 14.8 Å². The van der Waals surface area contributed by atoms with Crippen LogP contribution in [0, 0.1) is 10.1 Å². The van der Waals surface area contributed by atoms with Crippen LogP contribution in [0.2, 0.25) is 0 Å². The van der Waals surface area contributed by atoms with Crippen LogP contribution in [-0.4, -0.2) is 35.3 Å². The Hall–Kier alpha value is -1.18. The number of hydrogen-bond acceptors (Lipinski definition) is 6. The van der Waals surface area contributed by atoms with Crippen molar-refractivity contribution in [1.29, 1.82) is 0 Å². The van der Waals surface area contributed by atoms with E-state index in [0.29, 0.717) is 23.0 Å². The van der Waals surface area contributed by atoms with Crippen LogP contribution in [0.15, 0.2) is 6.07 Å². The van der Waals surface area contributed by atoms with Gasteiger partial charge in [0.1, 0.15) is 0 Å². The van der Waals surface area contributed by atoms with Crippen LogP contribution >= 0.6 is 11.3 Å². The molecule has 1 N–H and O–H groups in total. The molecule has 0 spiro atoms. The summed E-state index contributed by atoms with van der Waals surface area (Å²) >= 11 is 1.29. The van der Waals surface area contributed by atoms with E-state index in [2.05, 4.69) is 0 Å². The van der Waals surface area contributed by atoms with Gasteiger partial charge in [-0.05, 0) is 20.8 Å². The van der Waals surface area contributed by atoms with E-state index in [4.69, 9.17) is 4.74 Å². The predicted octanol–water partition coefficient (Wildman–Crippen LogP) is 2.32. The van der Waals surface area contributed by atoms with E-state index in [-0.39, 0.29) is 22.8 Å². The molecule has 1 aliphatic rings. The molecule has 0 aromatic carbocycles. The Kier molecular flexibility index (Phi) is 4.07. The first-order valence-corrected chi connectivity index (χ1v) is 7.06. The van der Waals surface area contributed by atoms with Gasteiger partial charge in [0.2, 0.25) is 0 Å². The molecule has 2 heterocycles. The number of aliphatic hydroxyl groups excluding tert-OH is 1. The van der Waals surface area contributed by atoms with E-state index >= 15 is 0 Å². The number of aliphatic hydroxyl groups is 1. The van der Waals surface area contributed by atoms with Gasteiger partial charge in [-0.2, -0.15) is 0 Å². The molecule has 7 heteroatoms. The van der Waals surface area contributed by atoms with E-state index < -0.39 is 6.10 Å².